The second-order valence-electron chi connectivity index (χ2n) is 6.93. The average Bonchev–Trinajstić information content (AvgIpc) is 2.67. The van der Waals surface area contributed by atoms with E-state index in [0.717, 1.165) is 25.1 Å². The molecule has 1 N–H and O–H groups in total. The molecule has 0 bridgehead atoms. The van der Waals surface area contributed by atoms with Crippen molar-refractivity contribution in [3.8, 4) is 0 Å². The van der Waals surface area contributed by atoms with E-state index in [0.29, 0.717) is 5.92 Å². The van der Waals surface area contributed by atoms with E-state index in [1.807, 2.05) is 11.8 Å². The lowest BCUT2D eigenvalue weighted by Crippen LogP contribution is -2.27. The Morgan fingerprint density at radius 3 is 2.73 bits per heavy atom. The molecule has 0 saturated heterocycles. The van der Waals surface area contributed by atoms with Crippen LogP contribution in [0.5, 0.6) is 0 Å². The largest absolute Gasteiger partial charge is 0.356 e. The highest BCUT2D eigenvalue weighted by Crippen LogP contribution is 2.41. The summed E-state index contributed by atoms with van der Waals surface area (Å²) in [5.41, 5.74) is 4.23. The smallest absolute Gasteiger partial charge is 0.216 e. The van der Waals surface area contributed by atoms with Crippen LogP contribution in [0.25, 0.3) is 10.8 Å². The van der Waals surface area contributed by atoms with E-state index < -0.39 is 0 Å². The van der Waals surface area contributed by atoms with Gasteiger partial charge in [-0.3, -0.25) is 4.79 Å². The van der Waals surface area contributed by atoms with Gasteiger partial charge >= 0.3 is 0 Å². The molecule has 0 spiro atoms. The Bertz CT molecular complexity index is 936. The molecule has 1 amide bonds. The summed E-state index contributed by atoms with van der Waals surface area (Å²) in [5.74, 6) is 1.45. The molecule has 0 saturated carbocycles. The van der Waals surface area contributed by atoms with Crippen molar-refractivity contribution in [1.82, 2.24) is 5.32 Å². The Hall–Kier alpha value is -2.26. The molecule has 1 aliphatic carbocycles. The van der Waals surface area contributed by atoms with Crippen molar-refractivity contribution in [3.63, 3.8) is 0 Å². The van der Waals surface area contributed by atoms with Crippen molar-refractivity contribution < 1.29 is 4.79 Å². The maximum absolute atomic E-state index is 11.3. The van der Waals surface area contributed by atoms with Gasteiger partial charge in [-0.1, -0.05) is 54.6 Å². The third kappa shape index (κ3) is 3.49. The van der Waals surface area contributed by atoms with Gasteiger partial charge in [-0.05, 0) is 46.4 Å². The highest BCUT2D eigenvalue weighted by Gasteiger charge is 2.23. The second kappa shape index (κ2) is 7.55. The maximum Gasteiger partial charge on any atom is 0.216 e. The first-order valence-electron chi connectivity index (χ1n) is 9.18. The standard InChI is InChI=1S/C23H23NOS/c1-16(25)24-14-19-10-12-21-22(26-15-17-6-3-2-4-7-17)13-11-18-8-5-9-20(19)23(18)21/h2-9,11,13,19H,10,12,14-15H2,1H3,(H,24,25). The zero-order valence-electron chi connectivity index (χ0n) is 15.0. The Morgan fingerprint density at radius 1 is 1.08 bits per heavy atom. The molecule has 1 unspecified atom stereocenters. The van der Waals surface area contributed by atoms with Crippen LogP contribution >= 0.6 is 11.8 Å². The molecule has 2 nitrogen and oxygen atoms in total. The number of carbonyl (C=O) groups is 1. The maximum atomic E-state index is 11.3. The Morgan fingerprint density at radius 2 is 1.92 bits per heavy atom. The van der Waals surface area contributed by atoms with Crippen molar-refractivity contribution in [1.29, 1.82) is 0 Å². The van der Waals surface area contributed by atoms with Crippen molar-refractivity contribution in [2.45, 2.75) is 36.3 Å². The van der Waals surface area contributed by atoms with E-state index in [4.69, 9.17) is 0 Å². The van der Waals surface area contributed by atoms with E-state index in [9.17, 15) is 4.79 Å². The predicted molar refractivity (Wildman–Crippen MR) is 110 cm³/mol. The van der Waals surface area contributed by atoms with E-state index in [-0.39, 0.29) is 5.91 Å². The summed E-state index contributed by atoms with van der Waals surface area (Å²) in [4.78, 5) is 12.7. The molecule has 3 aromatic rings. The minimum atomic E-state index is 0.0511. The molecule has 1 aliphatic rings. The van der Waals surface area contributed by atoms with Crippen LogP contribution in [0.15, 0.2) is 65.6 Å². The van der Waals surface area contributed by atoms with Crippen LogP contribution in [0.4, 0.5) is 0 Å². The second-order valence-corrected chi connectivity index (χ2v) is 7.95. The Balaban J connectivity index is 1.66. The third-order valence-corrected chi connectivity index (χ3v) is 6.33. The summed E-state index contributed by atoms with van der Waals surface area (Å²) >= 11 is 1.93. The van der Waals surface area contributed by atoms with Crippen LogP contribution in [0.1, 0.15) is 36.0 Å². The van der Waals surface area contributed by atoms with Gasteiger partial charge < -0.3 is 5.32 Å². The van der Waals surface area contributed by atoms with E-state index in [1.54, 1.807) is 6.92 Å². The minimum Gasteiger partial charge on any atom is -0.356 e. The van der Waals surface area contributed by atoms with Crippen LogP contribution in [0.3, 0.4) is 0 Å². The molecule has 26 heavy (non-hydrogen) atoms. The summed E-state index contributed by atoms with van der Waals surface area (Å²) in [7, 11) is 0. The highest BCUT2D eigenvalue weighted by molar-refractivity contribution is 7.98. The first kappa shape index (κ1) is 17.2. The molecule has 0 fully saturated rings. The Labute approximate surface area is 159 Å². The van der Waals surface area contributed by atoms with Crippen molar-refractivity contribution in [2.24, 2.45) is 0 Å². The molecule has 0 radical (unpaired) electrons. The van der Waals surface area contributed by atoms with Crippen LogP contribution < -0.4 is 5.32 Å². The molecule has 4 rings (SSSR count). The molecule has 132 valence electrons. The van der Waals surface area contributed by atoms with Gasteiger partial charge in [-0.2, -0.15) is 0 Å². The molecule has 0 aliphatic heterocycles. The lowest BCUT2D eigenvalue weighted by atomic mass is 9.81. The van der Waals surface area contributed by atoms with Crippen molar-refractivity contribution >= 4 is 28.4 Å². The zero-order chi connectivity index (χ0) is 17.9. The number of benzene rings is 3. The fourth-order valence-electron chi connectivity index (χ4n) is 3.88. The molecule has 0 aromatic heterocycles. The van der Waals surface area contributed by atoms with Gasteiger partial charge in [0.2, 0.25) is 5.91 Å². The molecule has 0 heterocycles. The SMILES string of the molecule is CC(=O)NCC1CCc2c(SCc3ccccc3)ccc3cccc1c23. The lowest BCUT2D eigenvalue weighted by Gasteiger charge is -2.27. The Kier molecular flexibility index (Phi) is 4.98. The number of hydrogen-bond acceptors (Lipinski definition) is 2. The van der Waals surface area contributed by atoms with Crippen LogP contribution in [0.2, 0.25) is 0 Å². The van der Waals surface area contributed by atoms with Crippen LogP contribution in [-0.2, 0) is 17.0 Å². The first-order valence-corrected chi connectivity index (χ1v) is 10.2. The minimum absolute atomic E-state index is 0.0511. The average molecular weight is 362 g/mol. The molecular weight excluding hydrogens is 338 g/mol. The van der Waals surface area contributed by atoms with Crippen molar-refractivity contribution in [2.75, 3.05) is 6.54 Å². The summed E-state index contributed by atoms with van der Waals surface area (Å²) in [6.07, 6.45) is 2.17. The van der Waals surface area contributed by atoms with Crippen LogP contribution in [0, 0.1) is 0 Å². The van der Waals surface area contributed by atoms with Gasteiger partial charge in [0.25, 0.3) is 0 Å². The first-order chi connectivity index (χ1) is 12.7. The molecular formula is C23H23NOS. The fraction of sp³-hybridized carbons (Fsp3) is 0.261. The monoisotopic (exact) mass is 361 g/mol. The molecule has 3 aromatic carbocycles. The van der Waals surface area contributed by atoms with E-state index >= 15 is 0 Å². The van der Waals surface area contributed by atoms with Gasteiger partial charge in [0.05, 0.1) is 0 Å². The number of aryl methyl sites for hydroxylation is 1. The van der Waals surface area contributed by atoms with Gasteiger partial charge in [0.1, 0.15) is 0 Å². The molecule has 3 heteroatoms. The number of thioether (sulfide) groups is 1. The third-order valence-electron chi connectivity index (χ3n) is 5.16. The van der Waals surface area contributed by atoms with Gasteiger partial charge in [-0.25, -0.2) is 0 Å². The summed E-state index contributed by atoms with van der Waals surface area (Å²) in [6, 6.07) is 21.8. The number of hydrogen-bond donors (Lipinski definition) is 1. The van der Waals surface area contributed by atoms with Gasteiger partial charge in [-0.15, -0.1) is 11.8 Å². The van der Waals surface area contributed by atoms with Crippen molar-refractivity contribution in [3.05, 3.63) is 77.4 Å². The topological polar surface area (TPSA) is 29.1 Å². The van der Waals surface area contributed by atoms with Gasteiger partial charge in [0, 0.05) is 30.0 Å². The quantitative estimate of drug-likeness (QED) is 0.625. The summed E-state index contributed by atoms with van der Waals surface area (Å²) in [5, 5.41) is 5.73. The number of carbonyl (C=O) groups excluding carboxylic acids is 1. The number of amides is 1. The fourth-order valence-corrected chi connectivity index (χ4v) is 4.93. The van der Waals surface area contributed by atoms with E-state index in [2.05, 4.69) is 66.0 Å². The van der Waals surface area contributed by atoms with Crippen LogP contribution in [-0.4, -0.2) is 12.5 Å². The highest BCUT2D eigenvalue weighted by atomic mass is 32.2. The summed E-state index contributed by atoms with van der Waals surface area (Å²) in [6.45, 7) is 2.32. The van der Waals surface area contributed by atoms with Gasteiger partial charge in [0.15, 0.2) is 0 Å². The number of rotatable bonds is 5. The lowest BCUT2D eigenvalue weighted by molar-refractivity contribution is -0.119. The zero-order valence-corrected chi connectivity index (χ0v) is 15.8. The molecule has 1 atom stereocenters. The summed E-state index contributed by atoms with van der Waals surface area (Å²) < 4.78 is 0. The number of nitrogens with one attached hydrogen (secondary N) is 1. The van der Waals surface area contributed by atoms with E-state index in [1.165, 1.54) is 32.4 Å². The normalized spacial score (nSPS) is 15.8. The predicted octanol–water partition coefficient (Wildman–Crippen LogP) is 5.30.